The van der Waals surface area contributed by atoms with Crippen molar-refractivity contribution in [1.29, 1.82) is 0 Å². The Morgan fingerprint density at radius 3 is 2.33 bits per heavy atom. The number of nitrogens with one attached hydrogen (secondary N) is 3. The summed E-state index contributed by atoms with van der Waals surface area (Å²) in [7, 11) is 1.26. The summed E-state index contributed by atoms with van der Waals surface area (Å²) in [5.74, 6) is -1.32. The third-order valence-electron chi connectivity index (χ3n) is 4.66. The molecular weight excluding hydrogens is 448 g/mol. The SMILES string of the molecule is COC(=O)C(NC(=O)c1cc(-c2ccc(NC(=O)Nc3cccc(Cl)c3)cc2)no1)C(C)C. The van der Waals surface area contributed by atoms with Crippen LogP contribution >= 0.6 is 11.6 Å². The molecule has 172 valence electrons. The van der Waals surface area contributed by atoms with Gasteiger partial charge in [0.1, 0.15) is 11.7 Å². The zero-order valence-corrected chi connectivity index (χ0v) is 19.0. The molecule has 0 fully saturated rings. The minimum atomic E-state index is -0.806. The van der Waals surface area contributed by atoms with Crippen LogP contribution in [0.25, 0.3) is 11.3 Å². The van der Waals surface area contributed by atoms with Crippen LogP contribution in [-0.4, -0.2) is 36.2 Å². The lowest BCUT2D eigenvalue weighted by molar-refractivity contribution is -0.144. The smallest absolute Gasteiger partial charge is 0.328 e. The van der Waals surface area contributed by atoms with Gasteiger partial charge in [0.05, 0.1) is 7.11 Å². The summed E-state index contributed by atoms with van der Waals surface area (Å²) in [6, 6.07) is 13.9. The van der Waals surface area contributed by atoms with Crippen LogP contribution in [0.4, 0.5) is 16.2 Å². The Morgan fingerprint density at radius 1 is 1.00 bits per heavy atom. The van der Waals surface area contributed by atoms with Gasteiger partial charge in [0.15, 0.2) is 0 Å². The van der Waals surface area contributed by atoms with Gasteiger partial charge in [0, 0.05) is 28.0 Å². The minimum absolute atomic E-state index is 0.0392. The Morgan fingerprint density at radius 2 is 1.70 bits per heavy atom. The maximum atomic E-state index is 12.5. The second-order valence-electron chi connectivity index (χ2n) is 7.46. The van der Waals surface area contributed by atoms with E-state index < -0.39 is 23.9 Å². The summed E-state index contributed by atoms with van der Waals surface area (Å²) >= 11 is 5.91. The lowest BCUT2D eigenvalue weighted by atomic mass is 10.0. The fourth-order valence-corrected chi connectivity index (χ4v) is 3.13. The van der Waals surface area contributed by atoms with Gasteiger partial charge in [-0.15, -0.1) is 0 Å². The molecular formula is C23H23ClN4O5. The molecule has 0 spiro atoms. The van der Waals surface area contributed by atoms with Crippen molar-refractivity contribution in [3.63, 3.8) is 0 Å². The predicted octanol–water partition coefficient (Wildman–Crippen LogP) is 4.57. The number of aromatic nitrogens is 1. The summed E-state index contributed by atoms with van der Waals surface area (Å²) in [6.07, 6.45) is 0. The van der Waals surface area contributed by atoms with Crippen LogP contribution in [0.3, 0.4) is 0 Å². The molecule has 2 aromatic carbocycles. The lowest BCUT2D eigenvalue weighted by Gasteiger charge is -2.18. The molecule has 3 rings (SSSR count). The Bertz CT molecular complexity index is 1140. The molecule has 1 unspecified atom stereocenters. The van der Waals surface area contributed by atoms with Crippen molar-refractivity contribution in [2.45, 2.75) is 19.9 Å². The fraction of sp³-hybridized carbons (Fsp3) is 0.217. The molecule has 33 heavy (non-hydrogen) atoms. The normalized spacial score (nSPS) is 11.5. The molecule has 0 radical (unpaired) electrons. The summed E-state index contributed by atoms with van der Waals surface area (Å²) in [6.45, 7) is 3.58. The zero-order valence-electron chi connectivity index (χ0n) is 18.2. The standard InChI is InChI=1S/C23H23ClN4O5/c1-13(2)20(22(30)32-3)27-21(29)19-12-18(28-33-19)14-7-9-16(10-8-14)25-23(31)26-17-6-4-5-15(24)11-17/h4-13,20H,1-3H3,(H,27,29)(H2,25,26,31). The summed E-state index contributed by atoms with van der Waals surface area (Å²) in [5.41, 5.74) is 2.22. The van der Waals surface area contributed by atoms with Gasteiger partial charge >= 0.3 is 12.0 Å². The Balaban J connectivity index is 1.62. The van der Waals surface area contributed by atoms with Crippen LogP contribution in [-0.2, 0) is 9.53 Å². The van der Waals surface area contributed by atoms with Crippen LogP contribution in [0, 0.1) is 5.92 Å². The summed E-state index contributed by atoms with van der Waals surface area (Å²) in [5, 5.41) is 12.4. The number of amides is 3. The third-order valence-corrected chi connectivity index (χ3v) is 4.90. The van der Waals surface area contributed by atoms with Crippen LogP contribution in [0.15, 0.2) is 59.1 Å². The average Bonchev–Trinajstić information content (AvgIpc) is 3.27. The van der Waals surface area contributed by atoms with E-state index in [0.29, 0.717) is 27.7 Å². The molecule has 10 heteroatoms. The van der Waals surface area contributed by atoms with E-state index in [-0.39, 0.29) is 11.7 Å². The van der Waals surface area contributed by atoms with Crippen molar-refractivity contribution in [3.05, 3.63) is 65.4 Å². The Labute approximate surface area is 195 Å². The molecule has 1 aromatic heterocycles. The van der Waals surface area contributed by atoms with Gasteiger partial charge in [-0.1, -0.05) is 48.8 Å². The van der Waals surface area contributed by atoms with Crippen molar-refractivity contribution in [3.8, 4) is 11.3 Å². The van der Waals surface area contributed by atoms with Crippen molar-refractivity contribution < 1.29 is 23.6 Å². The number of esters is 1. The minimum Gasteiger partial charge on any atom is -0.467 e. The van der Waals surface area contributed by atoms with E-state index in [2.05, 4.69) is 21.1 Å². The fourth-order valence-electron chi connectivity index (χ4n) is 2.94. The summed E-state index contributed by atoms with van der Waals surface area (Å²) < 4.78 is 9.86. The molecule has 1 atom stereocenters. The second kappa shape index (κ2) is 10.6. The van der Waals surface area contributed by atoms with E-state index in [1.54, 1.807) is 62.4 Å². The number of carbonyl (C=O) groups is 3. The van der Waals surface area contributed by atoms with Crippen molar-refractivity contribution in [2.24, 2.45) is 5.92 Å². The molecule has 0 aliphatic rings. The first-order valence-electron chi connectivity index (χ1n) is 10.1. The van der Waals surface area contributed by atoms with Gasteiger partial charge < -0.3 is 25.2 Å². The molecule has 3 amide bonds. The zero-order chi connectivity index (χ0) is 24.0. The van der Waals surface area contributed by atoms with Crippen LogP contribution in [0.1, 0.15) is 24.4 Å². The monoisotopic (exact) mass is 470 g/mol. The molecule has 0 saturated heterocycles. The molecule has 0 bridgehead atoms. The van der Waals surface area contributed by atoms with Gasteiger partial charge in [-0.25, -0.2) is 9.59 Å². The number of rotatable bonds is 7. The van der Waals surface area contributed by atoms with Crippen molar-refractivity contribution in [1.82, 2.24) is 10.5 Å². The highest BCUT2D eigenvalue weighted by molar-refractivity contribution is 6.30. The number of methoxy groups -OCH3 is 1. The number of nitrogens with zero attached hydrogens (tertiary/aromatic N) is 1. The second-order valence-corrected chi connectivity index (χ2v) is 7.90. The first kappa shape index (κ1) is 23.8. The molecule has 0 aliphatic carbocycles. The highest BCUT2D eigenvalue weighted by Gasteiger charge is 2.27. The highest BCUT2D eigenvalue weighted by Crippen LogP contribution is 2.22. The van der Waals surface area contributed by atoms with Gasteiger partial charge in [0.2, 0.25) is 5.76 Å². The van der Waals surface area contributed by atoms with E-state index in [4.69, 9.17) is 20.9 Å². The van der Waals surface area contributed by atoms with E-state index in [0.717, 1.165) is 0 Å². The average molecular weight is 471 g/mol. The first-order valence-corrected chi connectivity index (χ1v) is 10.4. The third kappa shape index (κ3) is 6.33. The Hall–Kier alpha value is -3.85. The first-order chi connectivity index (χ1) is 15.8. The maximum Gasteiger partial charge on any atom is 0.328 e. The topological polar surface area (TPSA) is 123 Å². The van der Waals surface area contributed by atoms with Crippen molar-refractivity contribution >= 4 is 40.9 Å². The quantitative estimate of drug-likeness (QED) is 0.435. The number of halogens is 1. The Kier molecular flexibility index (Phi) is 7.68. The van der Waals surface area contributed by atoms with Crippen molar-refractivity contribution in [2.75, 3.05) is 17.7 Å². The van der Waals surface area contributed by atoms with Gasteiger partial charge in [0.25, 0.3) is 5.91 Å². The van der Waals surface area contributed by atoms with Gasteiger partial charge in [-0.05, 0) is 36.2 Å². The van der Waals surface area contributed by atoms with E-state index in [1.807, 2.05) is 0 Å². The largest absolute Gasteiger partial charge is 0.467 e. The molecule has 3 N–H and O–H groups in total. The lowest BCUT2D eigenvalue weighted by Crippen LogP contribution is -2.44. The van der Waals surface area contributed by atoms with Gasteiger partial charge in [-0.3, -0.25) is 4.79 Å². The summed E-state index contributed by atoms with van der Waals surface area (Å²) in [4.78, 5) is 36.5. The molecule has 1 heterocycles. The molecule has 9 nitrogen and oxygen atoms in total. The molecule has 0 saturated carbocycles. The van der Waals surface area contributed by atoms with Crippen LogP contribution < -0.4 is 16.0 Å². The van der Waals surface area contributed by atoms with Gasteiger partial charge in [-0.2, -0.15) is 0 Å². The number of anilines is 2. The van der Waals surface area contributed by atoms with E-state index in [9.17, 15) is 14.4 Å². The predicted molar refractivity (Wildman–Crippen MR) is 124 cm³/mol. The molecule has 0 aliphatic heterocycles. The van der Waals surface area contributed by atoms with Crippen LogP contribution in [0.2, 0.25) is 5.02 Å². The van der Waals surface area contributed by atoms with E-state index in [1.165, 1.54) is 13.2 Å². The number of carbonyl (C=O) groups excluding carboxylic acids is 3. The number of urea groups is 1. The van der Waals surface area contributed by atoms with Crippen LogP contribution in [0.5, 0.6) is 0 Å². The number of ether oxygens (including phenoxy) is 1. The number of benzene rings is 2. The molecule has 3 aromatic rings. The highest BCUT2D eigenvalue weighted by atomic mass is 35.5. The maximum absolute atomic E-state index is 12.5. The number of hydrogen-bond donors (Lipinski definition) is 3. The van der Waals surface area contributed by atoms with E-state index >= 15 is 0 Å². The number of hydrogen-bond acceptors (Lipinski definition) is 6.